The van der Waals surface area contributed by atoms with E-state index in [0.717, 1.165) is 0 Å². The van der Waals surface area contributed by atoms with Gasteiger partial charge in [0.05, 0.1) is 21.3 Å². The molecule has 3 aromatic carbocycles. The molecule has 7 nitrogen and oxygen atoms in total. The summed E-state index contributed by atoms with van der Waals surface area (Å²) in [5.41, 5.74) is 1.18. The number of halogens is 1. The quantitative estimate of drug-likeness (QED) is 0.466. The molecule has 0 aliphatic heterocycles. The molecule has 3 aromatic rings. The predicted octanol–water partition coefficient (Wildman–Crippen LogP) is 4.39. The summed E-state index contributed by atoms with van der Waals surface area (Å²) in [6.07, 6.45) is 0.705. The Morgan fingerprint density at radius 3 is 2.38 bits per heavy atom. The van der Waals surface area contributed by atoms with Crippen LogP contribution in [0.5, 0.6) is 5.75 Å². The second-order valence-corrected chi connectivity index (χ2v) is 8.94. The fraction of sp³-hybridized carbons (Fsp3) is 0.130. The average molecular weight is 473 g/mol. The number of amides is 1. The van der Waals surface area contributed by atoms with Gasteiger partial charge in [-0.15, -0.1) is 0 Å². The first kappa shape index (κ1) is 23.3. The minimum Gasteiger partial charge on any atom is -0.484 e. The lowest BCUT2D eigenvalue weighted by molar-refractivity contribution is -0.118. The molecule has 166 valence electrons. The molecule has 1 amide bonds. The molecule has 3 rings (SSSR count). The van der Waals surface area contributed by atoms with Gasteiger partial charge in [0.2, 0.25) is 0 Å². The molecule has 0 radical (unpaired) electrons. The van der Waals surface area contributed by atoms with Crippen LogP contribution < -0.4 is 14.4 Å². The van der Waals surface area contributed by atoms with Gasteiger partial charge in [-0.05, 0) is 61.5 Å². The topological polar surface area (TPSA) is 92.8 Å². The number of benzene rings is 3. The lowest BCUT2D eigenvalue weighted by Gasteiger charge is -2.23. The molecule has 0 aromatic heterocycles. The summed E-state index contributed by atoms with van der Waals surface area (Å²) in [5.74, 6) is -0.106. The first-order valence-electron chi connectivity index (χ1n) is 9.70. The van der Waals surface area contributed by atoms with E-state index in [0.29, 0.717) is 23.3 Å². The van der Waals surface area contributed by atoms with Crippen molar-refractivity contribution in [3.8, 4) is 5.75 Å². The Bertz CT molecular complexity index is 1200. The van der Waals surface area contributed by atoms with E-state index in [1.165, 1.54) is 22.5 Å². The Labute approximate surface area is 191 Å². The molecule has 0 unspecified atom stereocenters. The van der Waals surface area contributed by atoms with Crippen LogP contribution >= 0.6 is 11.6 Å². The van der Waals surface area contributed by atoms with E-state index in [1.807, 2.05) is 0 Å². The molecule has 0 aliphatic carbocycles. The number of nitrogens with zero attached hydrogens (tertiary/aromatic N) is 1. The zero-order chi connectivity index (χ0) is 23.1. The third-order valence-corrected chi connectivity index (χ3v) is 6.75. The number of sulfonamides is 1. The van der Waals surface area contributed by atoms with Crippen molar-refractivity contribution < 1.29 is 22.7 Å². The number of para-hydroxylation sites is 1. The third-order valence-electron chi connectivity index (χ3n) is 4.52. The number of aldehydes is 1. The maximum absolute atomic E-state index is 13.2. The van der Waals surface area contributed by atoms with E-state index in [9.17, 15) is 18.0 Å². The second kappa shape index (κ2) is 10.3. The lowest BCUT2D eigenvalue weighted by atomic mass is 10.2. The van der Waals surface area contributed by atoms with Crippen LogP contribution in [0.4, 0.5) is 11.4 Å². The van der Waals surface area contributed by atoms with Crippen molar-refractivity contribution in [1.29, 1.82) is 0 Å². The normalized spacial score (nSPS) is 10.9. The summed E-state index contributed by atoms with van der Waals surface area (Å²) >= 11 is 6.17. The van der Waals surface area contributed by atoms with Crippen LogP contribution in [0.2, 0.25) is 5.02 Å². The van der Waals surface area contributed by atoms with Crippen LogP contribution in [0.25, 0.3) is 0 Å². The highest BCUT2D eigenvalue weighted by molar-refractivity contribution is 7.92. The van der Waals surface area contributed by atoms with Crippen LogP contribution in [0.1, 0.15) is 17.3 Å². The van der Waals surface area contributed by atoms with E-state index >= 15 is 0 Å². The van der Waals surface area contributed by atoms with Gasteiger partial charge < -0.3 is 10.1 Å². The number of anilines is 2. The zero-order valence-corrected chi connectivity index (χ0v) is 18.8. The minimum absolute atomic E-state index is 0.00623. The van der Waals surface area contributed by atoms with Crippen LogP contribution in [0.3, 0.4) is 0 Å². The predicted molar refractivity (Wildman–Crippen MR) is 124 cm³/mol. The Hall–Kier alpha value is -3.36. The molecule has 0 heterocycles. The molecule has 0 bridgehead atoms. The van der Waals surface area contributed by atoms with Crippen molar-refractivity contribution in [2.75, 3.05) is 22.8 Å². The van der Waals surface area contributed by atoms with Crippen molar-refractivity contribution in [3.05, 3.63) is 83.4 Å². The maximum atomic E-state index is 13.2. The Kier molecular flexibility index (Phi) is 7.50. The van der Waals surface area contributed by atoms with Gasteiger partial charge in [0.25, 0.3) is 15.9 Å². The number of ether oxygens (including phenoxy) is 1. The van der Waals surface area contributed by atoms with Crippen molar-refractivity contribution >= 4 is 45.2 Å². The first-order valence-corrected chi connectivity index (χ1v) is 11.5. The highest BCUT2D eigenvalue weighted by Gasteiger charge is 2.24. The van der Waals surface area contributed by atoms with E-state index in [1.54, 1.807) is 61.5 Å². The molecule has 1 N–H and O–H groups in total. The number of carbonyl (C=O) groups is 2. The van der Waals surface area contributed by atoms with Crippen LogP contribution in [-0.4, -0.2) is 33.8 Å². The molecule has 32 heavy (non-hydrogen) atoms. The van der Waals surface area contributed by atoms with Gasteiger partial charge in [0, 0.05) is 12.1 Å². The van der Waals surface area contributed by atoms with Crippen molar-refractivity contribution in [1.82, 2.24) is 0 Å². The summed E-state index contributed by atoms with van der Waals surface area (Å²) in [6, 6.07) is 19.1. The van der Waals surface area contributed by atoms with Crippen molar-refractivity contribution in [2.45, 2.75) is 11.8 Å². The van der Waals surface area contributed by atoms with Gasteiger partial charge in [-0.1, -0.05) is 29.8 Å². The summed E-state index contributed by atoms with van der Waals surface area (Å²) < 4.78 is 33.1. The molecular formula is C23H21ClN2O5S. The smallest absolute Gasteiger partial charge is 0.264 e. The fourth-order valence-corrected chi connectivity index (χ4v) is 4.62. The number of hydrogen-bond acceptors (Lipinski definition) is 5. The van der Waals surface area contributed by atoms with Gasteiger partial charge in [-0.25, -0.2) is 8.42 Å². The zero-order valence-electron chi connectivity index (χ0n) is 17.2. The summed E-state index contributed by atoms with van der Waals surface area (Å²) in [4.78, 5) is 23.0. The van der Waals surface area contributed by atoms with Crippen molar-refractivity contribution in [2.24, 2.45) is 0 Å². The maximum Gasteiger partial charge on any atom is 0.264 e. The number of nitrogens with one attached hydrogen (secondary N) is 1. The van der Waals surface area contributed by atoms with Crippen LogP contribution in [-0.2, 0) is 14.8 Å². The molecule has 9 heteroatoms. The minimum atomic E-state index is -3.88. The molecule has 0 saturated carbocycles. The van der Waals surface area contributed by atoms with E-state index < -0.39 is 15.9 Å². The van der Waals surface area contributed by atoms with E-state index in [-0.39, 0.29) is 28.8 Å². The van der Waals surface area contributed by atoms with Crippen molar-refractivity contribution in [3.63, 3.8) is 0 Å². The van der Waals surface area contributed by atoms with Crippen LogP contribution in [0, 0.1) is 0 Å². The third kappa shape index (κ3) is 5.46. The highest BCUT2D eigenvalue weighted by atomic mass is 35.5. The Morgan fingerprint density at radius 2 is 1.75 bits per heavy atom. The van der Waals surface area contributed by atoms with Gasteiger partial charge in [0.15, 0.2) is 6.61 Å². The molecule has 0 aliphatic rings. The van der Waals surface area contributed by atoms with Gasteiger partial charge in [-0.2, -0.15) is 0 Å². The number of rotatable bonds is 9. The SMILES string of the molecule is CCN(c1ccccc1)S(=O)(=O)c1ccc(Cl)c(NC(=O)COc2ccc(C=O)cc2)c1. The first-order chi connectivity index (χ1) is 15.3. The average Bonchev–Trinajstić information content (AvgIpc) is 2.80. The molecule has 0 spiro atoms. The molecule has 0 fully saturated rings. The van der Waals surface area contributed by atoms with Gasteiger partial charge >= 0.3 is 0 Å². The van der Waals surface area contributed by atoms with E-state index in [4.69, 9.17) is 16.3 Å². The standard InChI is InChI=1S/C23H21ClN2O5S/c1-2-26(18-6-4-3-5-7-18)32(29,30)20-12-13-21(24)22(14-20)25-23(28)16-31-19-10-8-17(15-27)9-11-19/h3-15H,2,16H2,1H3,(H,25,28). The van der Waals surface area contributed by atoms with Gasteiger partial charge in [0.1, 0.15) is 12.0 Å². The van der Waals surface area contributed by atoms with Crippen LogP contribution in [0.15, 0.2) is 77.7 Å². The Morgan fingerprint density at radius 1 is 1.06 bits per heavy atom. The number of hydrogen-bond donors (Lipinski definition) is 1. The molecular weight excluding hydrogens is 452 g/mol. The van der Waals surface area contributed by atoms with E-state index in [2.05, 4.69) is 5.32 Å². The lowest BCUT2D eigenvalue weighted by Crippen LogP contribution is -2.30. The summed E-state index contributed by atoms with van der Waals surface area (Å²) in [6.45, 7) is 1.65. The molecule has 0 atom stereocenters. The summed E-state index contributed by atoms with van der Waals surface area (Å²) in [5, 5.41) is 2.77. The summed E-state index contributed by atoms with van der Waals surface area (Å²) in [7, 11) is -3.88. The van der Waals surface area contributed by atoms with Gasteiger partial charge in [-0.3, -0.25) is 13.9 Å². The largest absolute Gasteiger partial charge is 0.484 e. The Balaban J connectivity index is 1.75. The number of carbonyl (C=O) groups excluding carboxylic acids is 2. The molecule has 0 saturated heterocycles. The second-order valence-electron chi connectivity index (χ2n) is 6.67. The monoisotopic (exact) mass is 472 g/mol. The highest BCUT2D eigenvalue weighted by Crippen LogP contribution is 2.29. The fourth-order valence-electron chi connectivity index (χ4n) is 2.95.